The Labute approximate surface area is 199 Å². The van der Waals surface area contributed by atoms with Crippen molar-refractivity contribution in [3.8, 4) is 5.75 Å². The fourth-order valence-corrected chi connectivity index (χ4v) is 5.27. The molecule has 2 heterocycles. The third kappa shape index (κ3) is 5.06. The summed E-state index contributed by atoms with van der Waals surface area (Å²) >= 11 is 0. The minimum atomic E-state index is -3.99. The van der Waals surface area contributed by atoms with Crippen molar-refractivity contribution in [3.63, 3.8) is 0 Å². The van der Waals surface area contributed by atoms with Gasteiger partial charge in [0.15, 0.2) is 5.82 Å². The molecule has 0 aliphatic carbocycles. The first kappa shape index (κ1) is 23.7. The quantitative estimate of drug-likeness (QED) is 0.552. The zero-order valence-corrected chi connectivity index (χ0v) is 20.4. The van der Waals surface area contributed by atoms with E-state index in [0.717, 1.165) is 49.4 Å². The molecule has 9 nitrogen and oxygen atoms in total. The molecule has 0 spiro atoms. The average Bonchev–Trinajstić information content (AvgIpc) is 3.04. The molecule has 1 aliphatic rings. The van der Waals surface area contributed by atoms with Gasteiger partial charge in [-0.15, -0.1) is 10.2 Å². The summed E-state index contributed by atoms with van der Waals surface area (Å²) in [6, 6.07) is 11.4. The van der Waals surface area contributed by atoms with E-state index in [1.54, 1.807) is 25.2 Å². The Bertz CT molecular complexity index is 1290. The Kier molecular flexibility index (Phi) is 6.87. The van der Waals surface area contributed by atoms with Gasteiger partial charge in [-0.1, -0.05) is 24.1 Å². The van der Waals surface area contributed by atoms with Crippen LogP contribution >= 0.6 is 0 Å². The number of rotatable bonds is 7. The number of carbonyl (C=O) groups is 1. The Morgan fingerprint density at radius 3 is 2.62 bits per heavy atom. The molecule has 3 aromatic rings. The number of sulfonamides is 1. The topological polar surface area (TPSA) is 106 Å². The molecule has 0 saturated heterocycles. The van der Waals surface area contributed by atoms with Crippen molar-refractivity contribution in [1.29, 1.82) is 0 Å². The van der Waals surface area contributed by atoms with Gasteiger partial charge in [-0.25, -0.2) is 8.42 Å². The van der Waals surface area contributed by atoms with Gasteiger partial charge in [-0.2, -0.15) is 0 Å². The highest BCUT2D eigenvalue weighted by molar-refractivity contribution is 7.92. The zero-order valence-electron chi connectivity index (χ0n) is 19.6. The number of nitrogens with one attached hydrogen (secondary N) is 1. The summed E-state index contributed by atoms with van der Waals surface area (Å²) in [6.45, 7) is 3.04. The molecule has 1 aromatic heterocycles. The SMILES string of the molecule is COc1ccc(C(=O)N(C)Cc2nnc3n2CCCCC3)cc1S(=O)(=O)Nc1ccc(C)cc1. The number of nitrogens with zero attached hydrogens (tertiary/aromatic N) is 4. The van der Waals surface area contributed by atoms with Crippen LogP contribution in [0.3, 0.4) is 0 Å². The number of carbonyl (C=O) groups excluding carboxylic acids is 1. The average molecular weight is 484 g/mol. The van der Waals surface area contributed by atoms with Crippen molar-refractivity contribution in [2.24, 2.45) is 0 Å². The molecule has 34 heavy (non-hydrogen) atoms. The summed E-state index contributed by atoms with van der Waals surface area (Å²) in [4.78, 5) is 14.6. The Hall–Kier alpha value is -3.40. The summed E-state index contributed by atoms with van der Waals surface area (Å²) in [5, 5.41) is 8.57. The van der Waals surface area contributed by atoms with E-state index >= 15 is 0 Å². The van der Waals surface area contributed by atoms with Gasteiger partial charge in [-0.3, -0.25) is 9.52 Å². The molecular weight excluding hydrogens is 454 g/mol. The second-order valence-corrected chi connectivity index (χ2v) is 10.1. The molecule has 2 aromatic carbocycles. The number of hydrogen-bond donors (Lipinski definition) is 1. The van der Waals surface area contributed by atoms with Crippen LogP contribution in [-0.4, -0.2) is 48.1 Å². The summed E-state index contributed by atoms with van der Waals surface area (Å²) < 4.78 is 36.2. The molecular formula is C24H29N5O4S. The number of ether oxygens (including phenoxy) is 1. The van der Waals surface area contributed by atoms with Crippen molar-refractivity contribution in [1.82, 2.24) is 19.7 Å². The van der Waals surface area contributed by atoms with Gasteiger partial charge >= 0.3 is 0 Å². The van der Waals surface area contributed by atoms with Crippen molar-refractivity contribution in [2.75, 3.05) is 18.9 Å². The van der Waals surface area contributed by atoms with Crippen molar-refractivity contribution in [2.45, 2.75) is 50.6 Å². The Morgan fingerprint density at radius 2 is 1.88 bits per heavy atom. The van der Waals surface area contributed by atoms with Crippen LogP contribution < -0.4 is 9.46 Å². The second kappa shape index (κ2) is 9.84. The molecule has 0 saturated carbocycles. The Balaban J connectivity index is 1.57. The molecule has 1 aliphatic heterocycles. The summed E-state index contributed by atoms with van der Waals surface area (Å²) in [7, 11) is -0.925. The van der Waals surface area contributed by atoms with E-state index in [-0.39, 0.29) is 28.7 Å². The minimum absolute atomic E-state index is 0.105. The van der Waals surface area contributed by atoms with Crippen molar-refractivity contribution < 1.29 is 17.9 Å². The Morgan fingerprint density at radius 1 is 1.12 bits per heavy atom. The lowest BCUT2D eigenvalue weighted by atomic mass is 10.2. The van der Waals surface area contributed by atoms with Gasteiger partial charge in [0.2, 0.25) is 0 Å². The van der Waals surface area contributed by atoms with Crippen LogP contribution in [0.1, 0.15) is 46.8 Å². The van der Waals surface area contributed by atoms with Crippen LogP contribution in [0.25, 0.3) is 0 Å². The molecule has 10 heteroatoms. The van der Waals surface area contributed by atoms with Gasteiger partial charge in [0.05, 0.1) is 13.7 Å². The van der Waals surface area contributed by atoms with Crippen molar-refractivity contribution in [3.05, 3.63) is 65.2 Å². The number of benzene rings is 2. The standard InChI is InChI=1S/C24H29N5O4S/c1-17-8-11-19(12-9-17)27-34(31,32)21-15-18(10-13-20(21)33-3)24(30)28(2)16-23-26-25-22-7-5-4-6-14-29(22)23/h8-13,15,27H,4-7,14,16H2,1-3H3. The molecule has 0 fully saturated rings. The second-order valence-electron chi connectivity index (χ2n) is 8.49. The number of methoxy groups -OCH3 is 1. The fraction of sp³-hybridized carbons (Fsp3) is 0.375. The lowest BCUT2D eigenvalue weighted by Gasteiger charge is -2.19. The van der Waals surface area contributed by atoms with E-state index in [4.69, 9.17) is 4.74 Å². The molecule has 0 bridgehead atoms. The highest BCUT2D eigenvalue weighted by Gasteiger charge is 2.24. The van der Waals surface area contributed by atoms with E-state index in [0.29, 0.717) is 5.69 Å². The van der Waals surface area contributed by atoms with Gasteiger partial charge in [0.1, 0.15) is 16.5 Å². The number of hydrogen-bond acceptors (Lipinski definition) is 6. The monoisotopic (exact) mass is 483 g/mol. The van der Waals surface area contributed by atoms with Crippen LogP contribution in [0.5, 0.6) is 5.75 Å². The number of fused-ring (bicyclic) bond motifs is 1. The minimum Gasteiger partial charge on any atom is -0.495 e. The number of anilines is 1. The van der Waals surface area contributed by atoms with E-state index in [1.165, 1.54) is 24.1 Å². The number of aromatic nitrogens is 3. The van der Waals surface area contributed by atoms with Crippen molar-refractivity contribution >= 4 is 21.6 Å². The van der Waals surface area contributed by atoms with Crippen LogP contribution in [0.15, 0.2) is 47.4 Å². The highest BCUT2D eigenvalue weighted by atomic mass is 32.2. The molecule has 0 atom stereocenters. The summed E-state index contributed by atoms with van der Waals surface area (Å²) in [6.07, 6.45) is 4.19. The molecule has 1 N–H and O–H groups in total. The lowest BCUT2D eigenvalue weighted by Crippen LogP contribution is -2.28. The normalized spacial score (nSPS) is 13.6. The maximum atomic E-state index is 13.2. The van der Waals surface area contributed by atoms with Gasteiger partial charge in [0.25, 0.3) is 15.9 Å². The van der Waals surface area contributed by atoms with Gasteiger partial charge < -0.3 is 14.2 Å². The summed E-state index contributed by atoms with van der Waals surface area (Å²) in [5.74, 6) is 1.52. The van der Waals surface area contributed by atoms with Crippen LogP contribution in [0.4, 0.5) is 5.69 Å². The zero-order chi connectivity index (χ0) is 24.3. The van der Waals surface area contributed by atoms with E-state index in [9.17, 15) is 13.2 Å². The lowest BCUT2D eigenvalue weighted by molar-refractivity contribution is 0.0779. The highest BCUT2D eigenvalue weighted by Crippen LogP contribution is 2.28. The summed E-state index contributed by atoms with van der Waals surface area (Å²) in [5.41, 5.74) is 1.68. The first-order valence-corrected chi connectivity index (χ1v) is 12.7. The molecule has 4 rings (SSSR count). The smallest absolute Gasteiger partial charge is 0.265 e. The maximum Gasteiger partial charge on any atom is 0.265 e. The van der Waals surface area contributed by atoms with E-state index in [1.807, 2.05) is 19.1 Å². The fourth-order valence-electron chi connectivity index (χ4n) is 4.02. The molecule has 0 unspecified atom stereocenters. The number of amides is 1. The van der Waals surface area contributed by atoms with Gasteiger partial charge in [0, 0.05) is 31.3 Å². The molecule has 0 radical (unpaired) electrons. The largest absolute Gasteiger partial charge is 0.495 e. The first-order valence-electron chi connectivity index (χ1n) is 11.2. The van der Waals surface area contributed by atoms with E-state index < -0.39 is 10.0 Å². The maximum absolute atomic E-state index is 13.2. The van der Waals surface area contributed by atoms with Gasteiger partial charge in [-0.05, 0) is 50.1 Å². The predicted octanol–water partition coefficient (Wildman–Crippen LogP) is 3.39. The van der Waals surface area contributed by atoms with E-state index in [2.05, 4.69) is 19.5 Å². The molecule has 1 amide bonds. The number of aryl methyl sites for hydroxylation is 2. The predicted molar refractivity (Wildman–Crippen MR) is 128 cm³/mol. The third-order valence-electron chi connectivity index (χ3n) is 5.92. The van der Waals surface area contributed by atoms with Crippen LogP contribution in [0, 0.1) is 6.92 Å². The van der Waals surface area contributed by atoms with Crippen LogP contribution in [-0.2, 0) is 29.5 Å². The third-order valence-corrected chi connectivity index (χ3v) is 7.32. The van der Waals surface area contributed by atoms with Crippen LogP contribution in [0.2, 0.25) is 0 Å². The first-order chi connectivity index (χ1) is 16.3. The molecule has 180 valence electrons.